The minimum atomic E-state index is -0.199. The van der Waals surface area contributed by atoms with Gasteiger partial charge in [-0.1, -0.05) is 11.2 Å². The maximum Gasteiger partial charge on any atom is 0.252 e. The summed E-state index contributed by atoms with van der Waals surface area (Å²) in [6.45, 7) is 2.36. The Morgan fingerprint density at radius 1 is 1.30 bits per heavy atom. The maximum absolute atomic E-state index is 13.1. The van der Waals surface area contributed by atoms with Crippen LogP contribution in [0.2, 0.25) is 0 Å². The second-order valence-electron chi connectivity index (χ2n) is 6.89. The highest BCUT2D eigenvalue weighted by Gasteiger charge is 2.34. The Hall–Kier alpha value is -2.91. The number of methoxy groups -OCH3 is 2. The first-order valence-electron chi connectivity index (χ1n) is 9.55. The molecule has 1 aliphatic heterocycles. The second-order valence-corrected chi connectivity index (χ2v) is 7.87. The van der Waals surface area contributed by atoms with Crippen LogP contribution in [0.3, 0.4) is 0 Å². The molecule has 0 bridgehead atoms. The Bertz CT molecular complexity index is 1020. The monoisotopic (exact) mass is 429 g/mol. The van der Waals surface area contributed by atoms with Gasteiger partial charge in [0.2, 0.25) is 5.91 Å². The molecule has 30 heavy (non-hydrogen) atoms. The van der Waals surface area contributed by atoms with Crippen molar-refractivity contribution in [2.45, 2.75) is 26.0 Å². The van der Waals surface area contributed by atoms with Crippen molar-refractivity contribution in [2.24, 2.45) is 0 Å². The van der Waals surface area contributed by atoms with E-state index in [2.05, 4.69) is 10.1 Å². The molecule has 3 aromatic rings. The van der Waals surface area contributed by atoms with Crippen molar-refractivity contribution in [1.82, 2.24) is 15.0 Å². The van der Waals surface area contributed by atoms with Gasteiger partial charge in [0.15, 0.2) is 17.3 Å². The summed E-state index contributed by atoms with van der Waals surface area (Å²) in [5.74, 6) is 2.14. The average molecular weight is 429 g/mol. The van der Waals surface area contributed by atoms with Crippen LogP contribution in [0.1, 0.15) is 33.8 Å². The summed E-state index contributed by atoms with van der Waals surface area (Å²) >= 11 is 1.62. The first-order valence-corrected chi connectivity index (χ1v) is 10.4. The summed E-state index contributed by atoms with van der Waals surface area (Å²) in [4.78, 5) is 20.1. The van der Waals surface area contributed by atoms with Crippen LogP contribution >= 0.6 is 11.3 Å². The summed E-state index contributed by atoms with van der Waals surface area (Å²) in [7, 11) is 3.24. The molecule has 158 valence electrons. The number of thiophene rings is 1. The molecule has 0 spiro atoms. The van der Waals surface area contributed by atoms with E-state index < -0.39 is 0 Å². The van der Waals surface area contributed by atoms with Crippen molar-refractivity contribution >= 4 is 17.2 Å². The number of amides is 1. The van der Waals surface area contributed by atoms with Crippen molar-refractivity contribution in [1.29, 1.82) is 0 Å². The van der Waals surface area contributed by atoms with Crippen molar-refractivity contribution in [2.75, 3.05) is 27.4 Å². The molecule has 0 radical (unpaired) electrons. The van der Waals surface area contributed by atoms with E-state index in [1.54, 1.807) is 32.5 Å². The number of hydrogen-bond donors (Lipinski definition) is 0. The van der Waals surface area contributed by atoms with Crippen LogP contribution in [0.25, 0.3) is 0 Å². The van der Waals surface area contributed by atoms with Gasteiger partial charge in [0.1, 0.15) is 13.2 Å². The minimum absolute atomic E-state index is 0.0636. The van der Waals surface area contributed by atoms with E-state index in [1.165, 1.54) is 0 Å². The van der Waals surface area contributed by atoms with Gasteiger partial charge in [-0.2, -0.15) is 4.98 Å². The molecule has 0 saturated carbocycles. The summed E-state index contributed by atoms with van der Waals surface area (Å²) in [6, 6.07) is 7.82. The van der Waals surface area contributed by atoms with Gasteiger partial charge in [-0.25, -0.2) is 0 Å². The third-order valence-corrected chi connectivity index (χ3v) is 5.95. The third kappa shape index (κ3) is 4.03. The number of ether oxygens (including phenoxy) is 3. The lowest BCUT2D eigenvalue weighted by molar-refractivity contribution is -0.138. The lowest BCUT2D eigenvalue weighted by Crippen LogP contribution is -2.42. The van der Waals surface area contributed by atoms with Gasteiger partial charge in [0, 0.05) is 11.4 Å². The smallest absolute Gasteiger partial charge is 0.252 e. The first-order chi connectivity index (χ1) is 14.6. The van der Waals surface area contributed by atoms with Gasteiger partial charge in [-0.15, -0.1) is 11.3 Å². The number of rotatable bonds is 7. The summed E-state index contributed by atoms with van der Waals surface area (Å²) in [6.07, 6.45) is 0.728. The predicted molar refractivity (Wildman–Crippen MR) is 110 cm³/mol. The summed E-state index contributed by atoms with van der Waals surface area (Å²) in [5, 5.41) is 5.74. The van der Waals surface area contributed by atoms with E-state index in [4.69, 9.17) is 18.7 Å². The van der Waals surface area contributed by atoms with E-state index in [-0.39, 0.29) is 25.2 Å². The second kappa shape index (κ2) is 8.85. The molecule has 0 unspecified atom stereocenters. The standard InChI is InChI=1S/C21H23N3O5S/c1-13-22-19(29-23-13)11-28-12-20(25)24-7-6-14-9-16(26-2)17(27-3)10-15(14)21(24)18-5-4-8-30-18/h4-5,8-10,21H,6-7,11-12H2,1-3H3/t21-/m0/s1. The third-order valence-electron chi connectivity index (χ3n) is 5.03. The van der Waals surface area contributed by atoms with Crippen LogP contribution < -0.4 is 9.47 Å². The molecular formula is C21H23N3O5S. The number of benzene rings is 1. The molecule has 1 aliphatic rings. The molecular weight excluding hydrogens is 406 g/mol. The molecule has 1 amide bonds. The van der Waals surface area contributed by atoms with E-state index in [9.17, 15) is 4.79 Å². The molecule has 1 aromatic carbocycles. The molecule has 0 saturated heterocycles. The van der Waals surface area contributed by atoms with Gasteiger partial charge < -0.3 is 23.6 Å². The van der Waals surface area contributed by atoms with Gasteiger partial charge in [0.25, 0.3) is 5.89 Å². The van der Waals surface area contributed by atoms with Gasteiger partial charge in [-0.05, 0) is 48.1 Å². The lowest BCUT2D eigenvalue weighted by Gasteiger charge is -2.37. The molecule has 9 heteroatoms. The summed E-state index contributed by atoms with van der Waals surface area (Å²) < 4.78 is 21.5. The highest BCUT2D eigenvalue weighted by atomic mass is 32.1. The van der Waals surface area contributed by atoms with E-state index in [0.717, 1.165) is 22.4 Å². The highest BCUT2D eigenvalue weighted by Crippen LogP contribution is 2.42. The number of aryl methyl sites for hydroxylation is 1. The number of hydrogen-bond acceptors (Lipinski definition) is 8. The Balaban J connectivity index is 1.58. The Morgan fingerprint density at radius 3 is 2.77 bits per heavy atom. The van der Waals surface area contributed by atoms with Crippen LogP contribution in [0, 0.1) is 6.92 Å². The highest BCUT2D eigenvalue weighted by molar-refractivity contribution is 7.10. The number of fused-ring (bicyclic) bond motifs is 1. The number of aromatic nitrogens is 2. The van der Waals surface area contributed by atoms with Crippen LogP contribution in [-0.2, 0) is 22.6 Å². The Morgan fingerprint density at radius 2 is 2.10 bits per heavy atom. The van der Waals surface area contributed by atoms with Gasteiger partial charge in [-0.3, -0.25) is 4.79 Å². The number of carbonyl (C=O) groups excluding carboxylic acids is 1. The summed E-state index contributed by atoms with van der Waals surface area (Å²) in [5.41, 5.74) is 2.19. The topological polar surface area (TPSA) is 86.9 Å². The normalized spacial score (nSPS) is 15.7. The fourth-order valence-electron chi connectivity index (χ4n) is 3.68. The van der Waals surface area contributed by atoms with Crippen LogP contribution in [0.15, 0.2) is 34.2 Å². The fourth-order valence-corrected chi connectivity index (χ4v) is 4.53. The van der Waals surface area contributed by atoms with Crippen molar-refractivity contribution in [3.05, 3.63) is 57.4 Å². The van der Waals surface area contributed by atoms with Crippen molar-refractivity contribution in [3.63, 3.8) is 0 Å². The van der Waals surface area contributed by atoms with Gasteiger partial charge >= 0.3 is 0 Å². The lowest BCUT2D eigenvalue weighted by atomic mass is 9.90. The molecule has 2 aromatic heterocycles. The van der Waals surface area contributed by atoms with E-state index in [0.29, 0.717) is 29.8 Å². The average Bonchev–Trinajstić information content (AvgIpc) is 3.43. The quantitative estimate of drug-likeness (QED) is 0.570. The zero-order valence-corrected chi connectivity index (χ0v) is 17.9. The fraction of sp³-hybridized carbons (Fsp3) is 0.381. The maximum atomic E-state index is 13.1. The van der Waals surface area contributed by atoms with Crippen molar-refractivity contribution < 1.29 is 23.5 Å². The number of nitrogens with zero attached hydrogens (tertiary/aromatic N) is 3. The predicted octanol–water partition coefficient (Wildman–Crippen LogP) is 3.15. The van der Waals surface area contributed by atoms with Crippen molar-refractivity contribution in [3.8, 4) is 11.5 Å². The van der Waals surface area contributed by atoms with E-state index in [1.807, 2.05) is 34.5 Å². The Kier molecular flexibility index (Phi) is 6.01. The molecule has 3 heterocycles. The van der Waals surface area contributed by atoms with E-state index >= 15 is 0 Å². The largest absolute Gasteiger partial charge is 0.493 e. The minimum Gasteiger partial charge on any atom is -0.493 e. The zero-order chi connectivity index (χ0) is 21.1. The molecule has 8 nitrogen and oxygen atoms in total. The van der Waals surface area contributed by atoms with Crippen LogP contribution in [0.5, 0.6) is 11.5 Å². The first kappa shape index (κ1) is 20.4. The molecule has 1 atom stereocenters. The molecule has 4 rings (SSSR count). The molecule has 0 aliphatic carbocycles. The van der Waals surface area contributed by atoms with Crippen LogP contribution in [-0.4, -0.2) is 48.3 Å². The van der Waals surface area contributed by atoms with Crippen LogP contribution in [0.4, 0.5) is 0 Å². The SMILES string of the molecule is COc1cc2c(cc1OC)[C@@H](c1cccs1)N(C(=O)COCc1nc(C)no1)CC2. The Labute approximate surface area is 178 Å². The zero-order valence-electron chi connectivity index (χ0n) is 17.1. The van der Waals surface area contributed by atoms with Gasteiger partial charge in [0.05, 0.1) is 20.3 Å². The molecule has 0 N–H and O–H groups in total. The molecule has 0 fully saturated rings. The number of carbonyl (C=O) groups is 1.